The van der Waals surface area contributed by atoms with Gasteiger partial charge in [-0.3, -0.25) is 4.79 Å². The Bertz CT molecular complexity index is 322. The van der Waals surface area contributed by atoms with Gasteiger partial charge >= 0.3 is 0 Å². The number of carbonyl (C=O) groups is 1. The molecule has 0 aliphatic heterocycles. The molecule has 2 nitrogen and oxygen atoms in total. The van der Waals surface area contributed by atoms with E-state index < -0.39 is 0 Å². The molecule has 0 aliphatic carbocycles. The summed E-state index contributed by atoms with van der Waals surface area (Å²) >= 11 is 0. The summed E-state index contributed by atoms with van der Waals surface area (Å²) in [4.78, 5) is 11.7. The molecule has 2 heteroatoms. The highest BCUT2D eigenvalue weighted by Crippen LogP contribution is 2.13. The van der Waals surface area contributed by atoms with Crippen molar-refractivity contribution in [2.75, 3.05) is 6.61 Å². The van der Waals surface area contributed by atoms with Crippen molar-refractivity contribution in [1.29, 1.82) is 0 Å². The highest BCUT2D eigenvalue weighted by Gasteiger charge is 2.14. The summed E-state index contributed by atoms with van der Waals surface area (Å²) in [6.07, 6.45) is 0. The van der Waals surface area contributed by atoms with Crippen LogP contribution in [0.1, 0.15) is 28.4 Å². The van der Waals surface area contributed by atoms with Crippen LogP contribution in [0.15, 0.2) is 18.2 Å². The van der Waals surface area contributed by atoms with E-state index in [4.69, 9.17) is 5.11 Å². The number of Topliss-reactive ketones (excluding diaryl/α,β-unsaturated/α-hetero) is 1. The maximum Gasteiger partial charge on any atom is 0.167 e. The lowest BCUT2D eigenvalue weighted by Crippen LogP contribution is -2.15. The number of benzene rings is 1. The summed E-state index contributed by atoms with van der Waals surface area (Å²) in [5.74, 6) is -0.296. The molecule has 1 atom stereocenters. The molecule has 0 amide bonds. The zero-order chi connectivity index (χ0) is 10.7. The van der Waals surface area contributed by atoms with Crippen LogP contribution >= 0.6 is 0 Å². The van der Waals surface area contributed by atoms with Crippen molar-refractivity contribution in [2.24, 2.45) is 5.92 Å². The molecule has 0 unspecified atom stereocenters. The highest BCUT2D eigenvalue weighted by atomic mass is 16.3. The minimum Gasteiger partial charge on any atom is -0.396 e. The van der Waals surface area contributed by atoms with Crippen LogP contribution in [-0.4, -0.2) is 17.5 Å². The summed E-state index contributed by atoms with van der Waals surface area (Å²) in [5, 5.41) is 8.88. The summed E-state index contributed by atoms with van der Waals surface area (Å²) in [5.41, 5.74) is 2.86. The Labute approximate surface area is 84.6 Å². The molecule has 0 saturated carbocycles. The van der Waals surface area contributed by atoms with Crippen LogP contribution in [-0.2, 0) is 0 Å². The minimum atomic E-state index is -0.309. The predicted molar refractivity (Wildman–Crippen MR) is 56.5 cm³/mol. The summed E-state index contributed by atoms with van der Waals surface area (Å²) in [7, 11) is 0. The molecule has 0 fully saturated rings. The summed E-state index contributed by atoms with van der Waals surface area (Å²) in [6.45, 7) is 5.58. The van der Waals surface area contributed by atoms with E-state index in [1.165, 1.54) is 0 Å². The second kappa shape index (κ2) is 4.38. The lowest BCUT2D eigenvalue weighted by atomic mass is 9.97. The molecule has 0 aliphatic rings. The van der Waals surface area contributed by atoms with Crippen LogP contribution < -0.4 is 0 Å². The van der Waals surface area contributed by atoms with Gasteiger partial charge in [0, 0.05) is 11.5 Å². The number of aliphatic hydroxyl groups is 1. The van der Waals surface area contributed by atoms with E-state index in [0.717, 1.165) is 11.1 Å². The van der Waals surface area contributed by atoms with Gasteiger partial charge < -0.3 is 5.11 Å². The van der Waals surface area contributed by atoms with E-state index in [2.05, 4.69) is 0 Å². The largest absolute Gasteiger partial charge is 0.396 e. The quantitative estimate of drug-likeness (QED) is 0.745. The van der Waals surface area contributed by atoms with Gasteiger partial charge in [-0.1, -0.05) is 24.1 Å². The van der Waals surface area contributed by atoms with Crippen LogP contribution in [0.4, 0.5) is 0 Å². The molecule has 0 spiro atoms. The average molecular weight is 192 g/mol. The van der Waals surface area contributed by atoms with Crippen molar-refractivity contribution in [1.82, 2.24) is 0 Å². The molecule has 1 N–H and O–H groups in total. The fourth-order valence-corrected chi connectivity index (χ4v) is 1.48. The fourth-order valence-electron chi connectivity index (χ4n) is 1.48. The molecule has 0 radical (unpaired) electrons. The zero-order valence-corrected chi connectivity index (χ0v) is 8.87. The van der Waals surface area contributed by atoms with Crippen LogP contribution in [0, 0.1) is 19.8 Å². The Morgan fingerprint density at radius 1 is 1.29 bits per heavy atom. The smallest absolute Gasteiger partial charge is 0.167 e. The summed E-state index contributed by atoms with van der Waals surface area (Å²) in [6, 6.07) is 5.75. The van der Waals surface area contributed by atoms with Gasteiger partial charge in [-0.05, 0) is 26.0 Å². The van der Waals surface area contributed by atoms with Crippen LogP contribution in [0.3, 0.4) is 0 Å². The lowest BCUT2D eigenvalue weighted by molar-refractivity contribution is 0.0877. The van der Waals surface area contributed by atoms with E-state index in [-0.39, 0.29) is 18.3 Å². The van der Waals surface area contributed by atoms with Gasteiger partial charge in [0.05, 0.1) is 6.61 Å². The van der Waals surface area contributed by atoms with Gasteiger partial charge in [0.2, 0.25) is 0 Å². The number of hydrogen-bond acceptors (Lipinski definition) is 2. The number of ketones is 1. The molecule has 76 valence electrons. The van der Waals surface area contributed by atoms with Gasteiger partial charge in [0.1, 0.15) is 0 Å². The Balaban J connectivity index is 3.01. The maximum atomic E-state index is 11.7. The first-order valence-electron chi connectivity index (χ1n) is 4.78. The third-order valence-corrected chi connectivity index (χ3v) is 2.23. The Morgan fingerprint density at radius 3 is 2.21 bits per heavy atom. The van der Waals surface area contributed by atoms with E-state index in [1.54, 1.807) is 6.92 Å². The van der Waals surface area contributed by atoms with E-state index >= 15 is 0 Å². The van der Waals surface area contributed by atoms with Crippen molar-refractivity contribution in [3.8, 4) is 0 Å². The average Bonchev–Trinajstić information content (AvgIpc) is 2.14. The number of aryl methyl sites for hydroxylation is 2. The number of rotatable bonds is 3. The highest BCUT2D eigenvalue weighted by molar-refractivity contribution is 5.98. The van der Waals surface area contributed by atoms with Crippen LogP contribution in [0.25, 0.3) is 0 Å². The second-order valence-corrected chi connectivity index (χ2v) is 3.82. The molecule has 1 aromatic rings. The molecule has 14 heavy (non-hydrogen) atoms. The normalized spacial score (nSPS) is 12.6. The molecule has 0 aromatic heterocycles. The summed E-state index contributed by atoms with van der Waals surface area (Å²) < 4.78 is 0. The minimum absolute atomic E-state index is 0.0132. The van der Waals surface area contributed by atoms with Crippen molar-refractivity contribution >= 4 is 5.78 Å². The van der Waals surface area contributed by atoms with Gasteiger partial charge in [-0.15, -0.1) is 0 Å². The Hall–Kier alpha value is -1.15. The fraction of sp³-hybridized carbons (Fsp3) is 0.417. The number of carbonyl (C=O) groups excluding carboxylic acids is 1. The first-order chi connectivity index (χ1) is 6.54. The molecular formula is C12H16O2. The van der Waals surface area contributed by atoms with Crippen LogP contribution in [0.5, 0.6) is 0 Å². The van der Waals surface area contributed by atoms with Gasteiger partial charge in [-0.2, -0.15) is 0 Å². The molecule has 0 heterocycles. The van der Waals surface area contributed by atoms with E-state index in [9.17, 15) is 4.79 Å². The van der Waals surface area contributed by atoms with Gasteiger partial charge in [0.25, 0.3) is 0 Å². The van der Waals surface area contributed by atoms with Crippen molar-refractivity contribution in [3.63, 3.8) is 0 Å². The Kier molecular flexibility index (Phi) is 3.42. The lowest BCUT2D eigenvalue weighted by Gasteiger charge is -2.08. The predicted octanol–water partition coefficient (Wildman–Crippen LogP) is 2.11. The first-order valence-corrected chi connectivity index (χ1v) is 4.78. The molecule has 1 aromatic carbocycles. The van der Waals surface area contributed by atoms with Crippen molar-refractivity contribution < 1.29 is 9.90 Å². The maximum absolute atomic E-state index is 11.7. The van der Waals surface area contributed by atoms with E-state index in [0.29, 0.717) is 5.56 Å². The number of hydrogen-bond donors (Lipinski definition) is 1. The Morgan fingerprint density at radius 2 is 1.79 bits per heavy atom. The van der Waals surface area contributed by atoms with Crippen LogP contribution in [0.2, 0.25) is 0 Å². The second-order valence-electron chi connectivity index (χ2n) is 3.82. The zero-order valence-electron chi connectivity index (χ0n) is 8.87. The SMILES string of the molecule is Cc1cc(C)cc(C(=O)[C@H](C)CO)c1. The van der Waals surface area contributed by atoms with Crippen molar-refractivity contribution in [2.45, 2.75) is 20.8 Å². The molecule has 0 saturated heterocycles. The van der Waals surface area contributed by atoms with Gasteiger partial charge in [-0.25, -0.2) is 0 Å². The van der Waals surface area contributed by atoms with Crippen molar-refractivity contribution in [3.05, 3.63) is 34.9 Å². The third kappa shape index (κ3) is 2.42. The van der Waals surface area contributed by atoms with Gasteiger partial charge in [0.15, 0.2) is 5.78 Å². The number of aliphatic hydroxyl groups excluding tert-OH is 1. The molecular weight excluding hydrogens is 176 g/mol. The topological polar surface area (TPSA) is 37.3 Å². The monoisotopic (exact) mass is 192 g/mol. The third-order valence-electron chi connectivity index (χ3n) is 2.23. The standard InChI is InChI=1S/C12H16O2/c1-8-4-9(2)6-11(5-8)12(14)10(3)7-13/h4-6,10,13H,7H2,1-3H3/t10-/m1/s1. The molecule has 1 rings (SSSR count). The molecule has 0 bridgehead atoms. The first kappa shape index (κ1) is 10.9. The van der Waals surface area contributed by atoms with E-state index in [1.807, 2.05) is 32.0 Å².